The van der Waals surface area contributed by atoms with Crippen molar-refractivity contribution in [2.75, 3.05) is 24.1 Å². The van der Waals surface area contributed by atoms with Crippen molar-refractivity contribution in [1.29, 1.82) is 0 Å². The van der Waals surface area contributed by atoms with Gasteiger partial charge in [0.2, 0.25) is 5.91 Å². The Bertz CT molecular complexity index is 417. The first kappa shape index (κ1) is 12.6. The van der Waals surface area contributed by atoms with Crippen LogP contribution in [0.2, 0.25) is 0 Å². The minimum Gasteiger partial charge on any atom is -0.394 e. The molecule has 2 heterocycles. The molecule has 0 bridgehead atoms. The van der Waals surface area contributed by atoms with Gasteiger partial charge in [-0.15, -0.1) is 0 Å². The van der Waals surface area contributed by atoms with Crippen LogP contribution in [0.25, 0.3) is 0 Å². The second-order valence-electron chi connectivity index (χ2n) is 4.58. The summed E-state index contributed by atoms with van der Waals surface area (Å²) in [6.07, 6.45) is 6.33. The molecular weight excluding hydrogens is 230 g/mol. The highest BCUT2D eigenvalue weighted by molar-refractivity contribution is 5.84. The van der Waals surface area contributed by atoms with E-state index in [1.165, 1.54) is 18.9 Å². The van der Waals surface area contributed by atoms with Gasteiger partial charge in [0.25, 0.3) is 0 Å². The highest BCUT2D eigenvalue weighted by Gasteiger charge is 2.22. The summed E-state index contributed by atoms with van der Waals surface area (Å²) in [5.74, 6) is 0.621. The van der Waals surface area contributed by atoms with Gasteiger partial charge in [0, 0.05) is 13.1 Å². The van der Waals surface area contributed by atoms with Crippen LogP contribution < -0.4 is 11.1 Å². The third-order valence-electron chi connectivity index (χ3n) is 3.13. The topological polar surface area (TPSA) is 84.1 Å². The van der Waals surface area contributed by atoms with E-state index in [-0.39, 0.29) is 11.9 Å². The number of anilines is 2. The van der Waals surface area contributed by atoms with E-state index in [0.29, 0.717) is 11.5 Å². The molecule has 0 radical (unpaired) electrons. The Kier molecular flexibility index (Phi) is 3.96. The van der Waals surface area contributed by atoms with E-state index >= 15 is 0 Å². The van der Waals surface area contributed by atoms with E-state index in [4.69, 9.17) is 5.73 Å². The van der Waals surface area contributed by atoms with Crippen molar-refractivity contribution in [1.82, 2.24) is 14.9 Å². The molecule has 2 rings (SSSR count). The Hall–Kier alpha value is -1.85. The molecule has 1 aromatic rings. The van der Waals surface area contributed by atoms with Gasteiger partial charge in [-0.1, -0.05) is 0 Å². The third kappa shape index (κ3) is 2.88. The summed E-state index contributed by atoms with van der Waals surface area (Å²) in [6, 6.07) is -0.319. The lowest BCUT2D eigenvalue weighted by molar-refractivity contribution is -0.132. The second kappa shape index (κ2) is 5.66. The largest absolute Gasteiger partial charge is 0.394 e. The lowest BCUT2D eigenvalue weighted by atomic mass is 10.1. The minimum atomic E-state index is -0.319. The van der Waals surface area contributed by atoms with Crippen molar-refractivity contribution in [2.24, 2.45) is 0 Å². The highest BCUT2D eigenvalue weighted by Crippen LogP contribution is 2.15. The predicted molar refractivity (Wildman–Crippen MR) is 70.0 cm³/mol. The average molecular weight is 249 g/mol. The zero-order valence-electron chi connectivity index (χ0n) is 10.6. The molecule has 1 aliphatic rings. The van der Waals surface area contributed by atoms with E-state index < -0.39 is 0 Å². The molecule has 18 heavy (non-hydrogen) atoms. The number of aromatic nitrogens is 2. The molecule has 98 valence electrons. The van der Waals surface area contributed by atoms with Crippen LogP contribution in [0.4, 0.5) is 11.5 Å². The summed E-state index contributed by atoms with van der Waals surface area (Å²) in [4.78, 5) is 21.9. The molecule has 1 atom stereocenters. The minimum absolute atomic E-state index is 0.104. The molecule has 0 aromatic carbocycles. The van der Waals surface area contributed by atoms with Crippen LogP contribution in [-0.4, -0.2) is 39.9 Å². The Morgan fingerprint density at radius 3 is 2.83 bits per heavy atom. The fraction of sp³-hybridized carbons (Fsp3) is 0.583. The van der Waals surface area contributed by atoms with Gasteiger partial charge in [-0.25, -0.2) is 9.97 Å². The van der Waals surface area contributed by atoms with Crippen LogP contribution in [0.5, 0.6) is 0 Å². The van der Waals surface area contributed by atoms with Gasteiger partial charge in [0.1, 0.15) is 12.4 Å². The molecule has 1 unspecified atom stereocenters. The van der Waals surface area contributed by atoms with Crippen LogP contribution >= 0.6 is 0 Å². The van der Waals surface area contributed by atoms with E-state index in [0.717, 1.165) is 25.9 Å². The lowest BCUT2D eigenvalue weighted by Crippen LogP contribution is -2.44. The summed E-state index contributed by atoms with van der Waals surface area (Å²) in [7, 11) is 0. The van der Waals surface area contributed by atoms with E-state index in [1.807, 2.05) is 11.8 Å². The van der Waals surface area contributed by atoms with Gasteiger partial charge in [0.15, 0.2) is 5.82 Å². The molecule has 1 aromatic heterocycles. The SMILES string of the molecule is CC(Nc1ncncc1N)C(=O)N1CCCCC1. The molecular formula is C12H19N5O. The highest BCUT2D eigenvalue weighted by atomic mass is 16.2. The van der Waals surface area contributed by atoms with Crippen molar-refractivity contribution in [3.63, 3.8) is 0 Å². The zero-order valence-corrected chi connectivity index (χ0v) is 10.6. The fourth-order valence-corrected chi connectivity index (χ4v) is 2.12. The lowest BCUT2D eigenvalue weighted by Gasteiger charge is -2.29. The summed E-state index contributed by atoms with van der Waals surface area (Å²) >= 11 is 0. The number of nitrogens with two attached hydrogens (primary N) is 1. The van der Waals surface area contributed by atoms with Crippen molar-refractivity contribution >= 4 is 17.4 Å². The van der Waals surface area contributed by atoms with Gasteiger partial charge >= 0.3 is 0 Å². The number of carbonyl (C=O) groups is 1. The van der Waals surface area contributed by atoms with Gasteiger partial charge in [-0.05, 0) is 26.2 Å². The average Bonchev–Trinajstić information content (AvgIpc) is 2.41. The number of amides is 1. The Morgan fingerprint density at radius 1 is 1.44 bits per heavy atom. The first-order chi connectivity index (χ1) is 8.68. The Morgan fingerprint density at radius 2 is 2.17 bits per heavy atom. The molecule has 1 amide bonds. The van der Waals surface area contributed by atoms with Crippen LogP contribution in [0, 0.1) is 0 Å². The van der Waals surface area contributed by atoms with Crippen molar-refractivity contribution < 1.29 is 4.79 Å². The molecule has 0 saturated carbocycles. The zero-order chi connectivity index (χ0) is 13.0. The van der Waals surface area contributed by atoms with Gasteiger partial charge in [-0.3, -0.25) is 4.79 Å². The summed E-state index contributed by atoms with van der Waals surface area (Å²) < 4.78 is 0. The van der Waals surface area contributed by atoms with Crippen LogP contribution in [0.1, 0.15) is 26.2 Å². The molecule has 6 nitrogen and oxygen atoms in total. The molecule has 3 N–H and O–H groups in total. The van der Waals surface area contributed by atoms with Gasteiger partial charge < -0.3 is 16.0 Å². The third-order valence-corrected chi connectivity index (χ3v) is 3.13. The van der Waals surface area contributed by atoms with Gasteiger partial charge in [0.05, 0.1) is 11.9 Å². The molecule has 0 spiro atoms. The first-order valence-electron chi connectivity index (χ1n) is 6.29. The monoisotopic (exact) mass is 249 g/mol. The van der Waals surface area contributed by atoms with Crippen molar-refractivity contribution in [2.45, 2.75) is 32.2 Å². The number of nitrogens with zero attached hydrogens (tertiary/aromatic N) is 3. The fourth-order valence-electron chi connectivity index (χ4n) is 2.12. The molecule has 1 saturated heterocycles. The van der Waals surface area contributed by atoms with Crippen molar-refractivity contribution in [3.05, 3.63) is 12.5 Å². The number of rotatable bonds is 3. The smallest absolute Gasteiger partial charge is 0.244 e. The summed E-state index contributed by atoms with van der Waals surface area (Å²) in [5, 5.41) is 3.04. The summed E-state index contributed by atoms with van der Waals surface area (Å²) in [6.45, 7) is 3.53. The Balaban J connectivity index is 1.96. The standard InChI is InChI=1S/C12H19N5O/c1-9(12(18)17-5-3-2-4-6-17)16-11-10(13)7-14-8-15-11/h7-9H,2-6,13H2,1H3,(H,14,15,16). The maximum Gasteiger partial charge on any atom is 0.244 e. The number of carbonyl (C=O) groups excluding carboxylic acids is 1. The second-order valence-corrected chi connectivity index (χ2v) is 4.58. The number of nitrogen functional groups attached to an aromatic ring is 1. The molecule has 0 aliphatic carbocycles. The number of piperidine rings is 1. The van der Waals surface area contributed by atoms with E-state index in [1.54, 1.807) is 0 Å². The van der Waals surface area contributed by atoms with Crippen LogP contribution in [-0.2, 0) is 4.79 Å². The predicted octanol–water partition coefficient (Wildman–Crippen LogP) is 0.872. The normalized spacial score (nSPS) is 17.3. The van der Waals surface area contributed by atoms with Crippen molar-refractivity contribution in [3.8, 4) is 0 Å². The first-order valence-corrected chi connectivity index (χ1v) is 6.29. The molecule has 6 heteroatoms. The molecule has 1 aliphatic heterocycles. The van der Waals surface area contributed by atoms with Crippen LogP contribution in [0.15, 0.2) is 12.5 Å². The van der Waals surface area contributed by atoms with Gasteiger partial charge in [-0.2, -0.15) is 0 Å². The maximum atomic E-state index is 12.2. The van der Waals surface area contributed by atoms with Crippen LogP contribution in [0.3, 0.4) is 0 Å². The Labute approximate surface area is 107 Å². The number of hydrogen-bond acceptors (Lipinski definition) is 5. The maximum absolute atomic E-state index is 12.2. The van der Waals surface area contributed by atoms with E-state index in [2.05, 4.69) is 15.3 Å². The quantitative estimate of drug-likeness (QED) is 0.830. The molecule has 1 fully saturated rings. The number of likely N-dealkylation sites (tertiary alicyclic amines) is 1. The summed E-state index contributed by atoms with van der Waals surface area (Å²) in [5.41, 5.74) is 6.19. The number of hydrogen-bond donors (Lipinski definition) is 2. The number of nitrogens with one attached hydrogen (secondary N) is 1. The van der Waals surface area contributed by atoms with E-state index in [9.17, 15) is 4.79 Å².